The lowest BCUT2D eigenvalue weighted by atomic mass is 9.82. The fraction of sp³-hybridized carbons (Fsp3) is 0.258. The first-order valence-corrected chi connectivity index (χ1v) is 19.4. The zero-order valence-corrected chi connectivity index (χ0v) is 30.7. The lowest BCUT2D eigenvalue weighted by Crippen LogP contribution is -2.25. The fourth-order valence-corrected chi connectivity index (χ4v) is 8.36. The van der Waals surface area contributed by atoms with E-state index in [-0.39, 0.29) is 74.2 Å². The van der Waals surface area contributed by atoms with Gasteiger partial charge in [-0.1, -0.05) is 24.3 Å². The fourth-order valence-electron chi connectivity index (χ4n) is 5.84. The largest absolute Gasteiger partial charge is 0.397 e. The van der Waals surface area contributed by atoms with E-state index in [0.29, 0.717) is 18.1 Å². The van der Waals surface area contributed by atoms with Crippen LogP contribution < -0.4 is 21.3 Å². The Hall–Kier alpha value is -4.37. The van der Waals surface area contributed by atoms with Gasteiger partial charge in [-0.15, -0.1) is 0 Å². The van der Waals surface area contributed by atoms with Crippen molar-refractivity contribution in [1.82, 2.24) is 15.0 Å². The van der Waals surface area contributed by atoms with Crippen LogP contribution >= 0.6 is 23.4 Å². The maximum absolute atomic E-state index is 13.9. The van der Waals surface area contributed by atoms with E-state index in [1.807, 2.05) is 0 Å². The molecule has 1 heterocycles. The minimum absolute atomic E-state index is 0.00913. The van der Waals surface area contributed by atoms with Gasteiger partial charge in [0, 0.05) is 41.9 Å². The highest BCUT2D eigenvalue weighted by atomic mass is 35.5. The summed E-state index contributed by atoms with van der Waals surface area (Å²) in [7, 11) is -8.28. The molecule has 0 bridgehead atoms. The molecule has 0 unspecified atom stereocenters. The molecule has 1 aliphatic carbocycles. The first-order chi connectivity index (χ1) is 23.9. The van der Waals surface area contributed by atoms with Gasteiger partial charge in [-0.2, -0.15) is 43.5 Å². The zero-order chi connectivity index (χ0) is 37.6. The van der Waals surface area contributed by atoms with E-state index in [1.165, 1.54) is 49.9 Å². The minimum Gasteiger partial charge on any atom is -0.397 e. The standard InChI is InChI=1S/C31H32ClN7O9S3/c1-14-24(34-19-13-20(50(43,44)45)23(33)22-21(19)26(41)17-7-5-6-8-18(17)27(22)42)15(2)28(51(46,47)48)16(3)25(14)35-30-36-29(32)37-31(38-30)39(4)9-11-49-12-10-40/h5-8,13,34,40H,9-12,33H2,1-4H3,(H,43,44,45)(H,46,47,48)(H,35,36,37,38). The summed E-state index contributed by atoms with van der Waals surface area (Å²) in [6.45, 7) is 4.86. The number of ketones is 2. The molecule has 0 aliphatic heterocycles. The number of aromatic nitrogens is 3. The number of hydrogen-bond acceptors (Lipinski definition) is 15. The normalized spacial score (nSPS) is 12.8. The second kappa shape index (κ2) is 14.3. The number of hydrogen-bond donors (Lipinski definition) is 6. The van der Waals surface area contributed by atoms with Gasteiger partial charge in [-0.05, 0) is 55.1 Å². The van der Waals surface area contributed by atoms with Crippen LogP contribution in [0.15, 0.2) is 40.1 Å². The number of benzene rings is 3. The van der Waals surface area contributed by atoms with Crippen LogP contribution in [0.25, 0.3) is 0 Å². The number of nitrogens with two attached hydrogens (primary N) is 1. The molecule has 0 saturated carbocycles. The SMILES string of the molecule is Cc1c(Nc2nc(Cl)nc(N(C)CCSCCO)n2)c(C)c(S(=O)(=O)O)c(C)c1Nc1cc(S(=O)(=O)O)c(N)c2c1C(=O)c1ccccc1C2=O. The van der Waals surface area contributed by atoms with Crippen molar-refractivity contribution < 1.29 is 40.6 Å². The summed E-state index contributed by atoms with van der Waals surface area (Å²) in [6, 6.07) is 6.71. The van der Waals surface area contributed by atoms with Crippen LogP contribution in [-0.4, -0.2) is 89.3 Å². The van der Waals surface area contributed by atoms with Crippen LogP contribution in [0.4, 0.5) is 34.6 Å². The molecule has 0 saturated heterocycles. The number of fused-ring (bicyclic) bond motifs is 2. The molecule has 16 nitrogen and oxygen atoms in total. The summed E-state index contributed by atoms with van der Waals surface area (Å²) in [4.78, 5) is 40.5. The Bertz CT molecular complexity index is 2340. The van der Waals surface area contributed by atoms with Crippen LogP contribution in [0.1, 0.15) is 48.5 Å². The van der Waals surface area contributed by atoms with E-state index in [0.717, 1.165) is 6.07 Å². The molecule has 0 amide bonds. The quantitative estimate of drug-likeness (QED) is 0.0595. The van der Waals surface area contributed by atoms with Crippen molar-refractivity contribution >= 4 is 89.8 Å². The number of halogens is 1. The Morgan fingerprint density at radius 2 is 1.45 bits per heavy atom. The monoisotopic (exact) mass is 777 g/mol. The molecule has 270 valence electrons. The average Bonchev–Trinajstić information content (AvgIpc) is 3.04. The van der Waals surface area contributed by atoms with Gasteiger partial charge in [0.15, 0.2) is 11.6 Å². The average molecular weight is 778 g/mol. The van der Waals surface area contributed by atoms with Crippen molar-refractivity contribution in [1.29, 1.82) is 0 Å². The number of nitrogens with zero attached hydrogens (tertiary/aromatic N) is 4. The Kier molecular flexibility index (Phi) is 10.6. The number of anilines is 6. The molecular weight excluding hydrogens is 746 g/mol. The maximum atomic E-state index is 13.9. The highest BCUT2D eigenvalue weighted by Crippen LogP contribution is 2.44. The number of carbonyl (C=O) groups is 2. The van der Waals surface area contributed by atoms with Crippen LogP contribution in [0.3, 0.4) is 0 Å². The van der Waals surface area contributed by atoms with Crippen molar-refractivity contribution in [2.45, 2.75) is 30.6 Å². The van der Waals surface area contributed by atoms with E-state index < -0.39 is 52.8 Å². The van der Waals surface area contributed by atoms with E-state index in [1.54, 1.807) is 18.9 Å². The topological polar surface area (TPSA) is 255 Å². The van der Waals surface area contributed by atoms with Crippen molar-refractivity contribution in [2.24, 2.45) is 0 Å². The van der Waals surface area contributed by atoms with Crippen LogP contribution in [-0.2, 0) is 20.2 Å². The van der Waals surface area contributed by atoms with Gasteiger partial charge in [0.1, 0.15) is 9.79 Å². The molecule has 7 N–H and O–H groups in total. The van der Waals surface area contributed by atoms with E-state index in [2.05, 4.69) is 25.6 Å². The van der Waals surface area contributed by atoms with E-state index in [4.69, 9.17) is 22.4 Å². The van der Waals surface area contributed by atoms with E-state index in [9.17, 15) is 35.5 Å². The van der Waals surface area contributed by atoms with Crippen molar-refractivity contribution in [3.05, 3.63) is 74.6 Å². The third kappa shape index (κ3) is 7.36. The number of thioether (sulfide) groups is 1. The summed E-state index contributed by atoms with van der Waals surface area (Å²) >= 11 is 7.74. The molecule has 1 aromatic heterocycles. The van der Waals surface area contributed by atoms with Gasteiger partial charge in [-0.25, -0.2) is 0 Å². The molecular formula is C31H32ClN7O9S3. The molecule has 5 rings (SSSR count). The van der Waals surface area contributed by atoms with Gasteiger partial charge < -0.3 is 26.4 Å². The molecule has 3 aromatic carbocycles. The summed E-state index contributed by atoms with van der Waals surface area (Å²) in [5.41, 5.74) is 4.68. The number of aliphatic hydroxyl groups excluding tert-OH is 1. The number of nitrogens with one attached hydrogen (secondary N) is 2. The number of aliphatic hydroxyl groups is 1. The van der Waals surface area contributed by atoms with Gasteiger partial charge >= 0.3 is 0 Å². The molecule has 4 aromatic rings. The molecule has 0 fully saturated rings. The minimum atomic E-state index is -5.06. The van der Waals surface area contributed by atoms with Crippen molar-refractivity contribution in [3.8, 4) is 0 Å². The molecule has 0 radical (unpaired) electrons. The number of nitrogen functional groups attached to an aromatic ring is 1. The van der Waals surface area contributed by atoms with Gasteiger partial charge in [0.2, 0.25) is 17.2 Å². The van der Waals surface area contributed by atoms with Crippen molar-refractivity contribution in [2.75, 3.05) is 53.0 Å². The maximum Gasteiger partial charge on any atom is 0.296 e. The van der Waals surface area contributed by atoms with E-state index >= 15 is 0 Å². The summed E-state index contributed by atoms with van der Waals surface area (Å²) in [5, 5.41) is 14.7. The summed E-state index contributed by atoms with van der Waals surface area (Å²) < 4.78 is 71.0. The summed E-state index contributed by atoms with van der Waals surface area (Å²) in [6.07, 6.45) is 0. The molecule has 20 heteroatoms. The first-order valence-electron chi connectivity index (χ1n) is 15.0. The Labute approximate surface area is 302 Å². The zero-order valence-electron chi connectivity index (χ0n) is 27.5. The smallest absolute Gasteiger partial charge is 0.296 e. The molecule has 1 aliphatic rings. The number of rotatable bonds is 12. The second-order valence-corrected chi connectivity index (χ2v) is 15.7. The lowest BCUT2D eigenvalue weighted by Gasteiger charge is -2.26. The van der Waals surface area contributed by atoms with Gasteiger partial charge in [0.25, 0.3) is 20.2 Å². The van der Waals surface area contributed by atoms with Crippen molar-refractivity contribution in [3.63, 3.8) is 0 Å². The van der Waals surface area contributed by atoms with Crippen LogP contribution in [0, 0.1) is 20.8 Å². The molecule has 51 heavy (non-hydrogen) atoms. The predicted molar refractivity (Wildman–Crippen MR) is 194 cm³/mol. The second-order valence-electron chi connectivity index (χ2n) is 11.4. The third-order valence-corrected chi connectivity index (χ3v) is 11.3. The van der Waals surface area contributed by atoms with Crippen LogP contribution in [0.5, 0.6) is 0 Å². The molecule has 0 atom stereocenters. The lowest BCUT2D eigenvalue weighted by molar-refractivity contribution is 0.0980. The number of carbonyl (C=O) groups excluding carboxylic acids is 2. The highest BCUT2D eigenvalue weighted by Gasteiger charge is 2.37. The van der Waals surface area contributed by atoms with Gasteiger partial charge in [0.05, 0.1) is 34.8 Å². The predicted octanol–water partition coefficient (Wildman–Crippen LogP) is 3.95. The Balaban J connectivity index is 1.70. The third-order valence-electron chi connectivity index (χ3n) is 8.16. The Morgan fingerprint density at radius 3 is 2.02 bits per heavy atom. The highest BCUT2D eigenvalue weighted by molar-refractivity contribution is 7.99. The Morgan fingerprint density at radius 1 is 0.863 bits per heavy atom. The molecule has 0 spiro atoms. The van der Waals surface area contributed by atoms with Crippen LogP contribution in [0.2, 0.25) is 5.28 Å². The first kappa shape index (κ1) is 37.9. The summed E-state index contributed by atoms with van der Waals surface area (Å²) in [5.74, 6) is -0.210. The van der Waals surface area contributed by atoms with Gasteiger partial charge in [-0.3, -0.25) is 18.7 Å².